The summed E-state index contributed by atoms with van der Waals surface area (Å²) in [4.78, 5) is 10.7. The van der Waals surface area contributed by atoms with Crippen molar-refractivity contribution in [2.75, 3.05) is 24.6 Å². The largest absolute Gasteiger partial charge is 0.355 e. The van der Waals surface area contributed by atoms with E-state index in [-0.39, 0.29) is 5.91 Å². The molecule has 1 rings (SSSR count). The van der Waals surface area contributed by atoms with Crippen LogP contribution in [0.4, 0.5) is 0 Å². The number of nitrogens with one attached hydrogen (secondary N) is 2. The van der Waals surface area contributed by atoms with Gasteiger partial charge in [-0.25, -0.2) is 0 Å². The molecule has 4 heteroatoms. The lowest BCUT2D eigenvalue weighted by atomic mass is 9.82. The Balaban J connectivity index is 2.21. The molecule has 1 saturated heterocycles. The summed E-state index contributed by atoms with van der Waals surface area (Å²) in [6.45, 7) is 7.80. The zero-order valence-electron chi connectivity index (χ0n) is 9.93. The van der Waals surface area contributed by atoms with E-state index in [0.717, 1.165) is 13.1 Å². The van der Waals surface area contributed by atoms with Crippen molar-refractivity contribution >= 4 is 17.7 Å². The Kier molecular flexibility index (Phi) is 4.93. The van der Waals surface area contributed by atoms with Crippen molar-refractivity contribution in [2.45, 2.75) is 33.2 Å². The number of rotatable bonds is 4. The predicted molar refractivity (Wildman–Crippen MR) is 66.2 cm³/mol. The molecule has 3 nitrogen and oxygen atoms in total. The van der Waals surface area contributed by atoms with Crippen LogP contribution in [0.25, 0.3) is 0 Å². The quantitative estimate of drug-likeness (QED) is 0.714. The molecule has 0 spiro atoms. The standard InChI is InChI=1S/C11H22N2OS/c1-9(14)12-5-6-13-10-8-15-7-4-11(10,2)3/h10,13H,4-8H2,1-3H3,(H,12,14). The van der Waals surface area contributed by atoms with Gasteiger partial charge in [0.2, 0.25) is 5.91 Å². The van der Waals surface area contributed by atoms with E-state index in [1.807, 2.05) is 11.8 Å². The summed E-state index contributed by atoms with van der Waals surface area (Å²) in [7, 11) is 0. The van der Waals surface area contributed by atoms with Crippen LogP contribution in [0.3, 0.4) is 0 Å². The lowest BCUT2D eigenvalue weighted by molar-refractivity contribution is -0.118. The number of thioether (sulfide) groups is 1. The first kappa shape index (κ1) is 12.8. The van der Waals surface area contributed by atoms with Crippen LogP contribution in [0.1, 0.15) is 27.2 Å². The Labute approximate surface area is 96.8 Å². The summed E-state index contributed by atoms with van der Waals surface area (Å²) in [5.41, 5.74) is 0.390. The third-order valence-electron chi connectivity index (χ3n) is 3.01. The average Bonchev–Trinajstić information content (AvgIpc) is 2.13. The van der Waals surface area contributed by atoms with Gasteiger partial charge in [-0.05, 0) is 17.6 Å². The lowest BCUT2D eigenvalue weighted by Gasteiger charge is -2.38. The molecular weight excluding hydrogens is 208 g/mol. The maximum atomic E-state index is 10.7. The molecule has 1 heterocycles. The van der Waals surface area contributed by atoms with Crippen molar-refractivity contribution < 1.29 is 4.79 Å². The molecule has 2 N–H and O–H groups in total. The normalized spacial score (nSPS) is 24.9. The monoisotopic (exact) mass is 230 g/mol. The van der Waals surface area contributed by atoms with Gasteiger partial charge in [-0.3, -0.25) is 4.79 Å². The minimum atomic E-state index is 0.0501. The van der Waals surface area contributed by atoms with Gasteiger partial charge in [0.1, 0.15) is 0 Å². The van der Waals surface area contributed by atoms with Crippen molar-refractivity contribution in [2.24, 2.45) is 5.41 Å². The molecule has 1 amide bonds. The molecular formula is C11H22N2OS. The van der Waals surface area contributed by atoms with Gasteiger partial charge >= 0.3 is 0 Å². The molecule has 0 aromatic carbocycles. The second kappa shape index (κ2) is 5.75. The fraction of sp³-hybridized carbons (Fsp3) is 0.909. The highest BCUT2D eigenvalue weighted by Crippen LogP contribution is 2.33. The summed E-state index contributed by atoms with van der Waals surface area (Å²) in [6, 6.07) is 0.574. The van der Waals surface area contributed by atoms with E-state index in [4.69, 9.17) is 0 Å². The highest BCUT2D eigenvalue weighted by atomic mass is 32.2. The average molecular weight is 230 g/mol. The first-order valence-electron chi connectivity index (χ1n) is 5.58. The SMILES string of the molecule is CC(=O)NCCNC1CSCCC1(C)C. The summed E-state index contributed by atoms with van der Waals surface area (Å²) in [5, 5.41) is 6.34. The summed E-state index contributed by atoms with van der Waals surface area (Å²) >= 11 is 2.02. The number of hydrogen-bond donors (Lipinski definition) is 2. The Bertz CT molecular complexity index is 219. The summed E-state index contributed by atoms with van der Waals surface area (Å²) in [6.07, 6.45) is 1.27. The summed E-state index contributed by atoms with van der Waals surface area (Å²) < 4.78 is 0. The smallest absolute Gasteiger partial charge is 0.216 e. The van der Waals surface area contributed by atoms with Gasteiger partial charge in [-0.1, -0.05) is 13.8 Å². The fourth-order valence-electron chi connectivity index (χ4n) is 1.76. The van der Waals surface area contributed by atoms with Crippen LogP contribution in [-0.4, -0.2) is 36.5 Å². The molecule has 15 heavy (non-hydrogen) atoms. The van der Waals surface area contributed by atoms with Gasteiger partial charge in [0.25, 0.3) is 0 Å². The lowest BCUT2D eigenvalue weighted by Crippen LogP contribution is -2.48. The van der Waals surface area contributed by atoms with Crippen molar-refractivity contribution in [1.82, 2.24) is 10.6 Å². The molecule has 1 aliphatic rings. The molecule has 1 unspecified atom stereocenters. The highest BCUT2D eigenvalue weighted by molar-refractivity contribution is 7.99. The van der Waals surface area contributed by atoms with Crippen LogP contribution in [0.5, 0.6) is 0 Å². The van der Waals surface area contributed by atoms with Crippen LogP contribution < -0.4 is 10.6 Å². The zero-order chi connectivity index (χ0) is 11.3. The van der Waals surface area contributed by atoms with Gasteiger partial charge in [-0.2, -0.15) is 11.8 Å². The van der Waals surface area contributed by atoms with Gasteiger partial charge in [0.05, 0.1) is 0 Å². The molecule has 1 aliphatic heterocycles. The van der Waals surface area contributed by atoms with Gasteiger partial charge < -0.3 is 10.6 Å². The van der Waals surface area contributed by atoms with Gasteiger partial charge in [-0.15, -0.1) is 0 Å². The second-order valence-corrected chi connectivity index (χ2v) is 5.95. The Morgan fingerprint density at radius 1 is 1.47 bits per heavy atom. The molecule has 1 atom stereocenters. The minimum Gasteiger partial charge on any atom is -0.355 e. The van der Waals surface area contributed by atoms with Gasteiger partial charge in [0, 0.05) is 31.8 Å². The summed E-state index contributed by atoms with van der Waals surface area (Å²) in [5.74, 6) is 2.51. The van der Waals surface area contributed by atoms with Crippen LogP contribution in [-0.2, 0) is 4.79 Å². The van der Waals surface area contributed by atoms with Crippen LogP contribution >= 0.6 is 11.8 Å². The van der Waals surface area contributed by atoms with Crippen molar-refractivity contribution in [1.29, 1.82) is 0 Å². The van der Waals surface area contributed by atoms with Crippen molar-refractivity contribution in [3.63, 3.8) is 0 Å². The fourth-order valence-corrected chi connectivity index (χ4v) is 3.40. The maximum absolute atomic E-state index is 10.7. The van der Waals surface area contributed by atoms with E-state index >= 15 is 0 Å². The number of amides is 1. The third kappa shape index (κ3) is 4.43. The molecule has 0 aromatic rings. The van der Waals surface area contributed by atoms with Crippen LogP contribution in [0.2, 0.25) is 0 Å². The van der Waals surface area contributed by atoms with Crippen molar-refractivity contribution in [3.8, 4) is 0 Å². The number of carbonyl (C=O) groups excluding carboxylic acids is 1. The molecule has 0 saturated carbocycles. The first-order valence-corrected chi connectivity index (χ1v) is 6.73. The van der Waals surface area contributed by atoms with E-state index in [1.54, 1.807) is 6.92 Å². The highest BCUT2D eigenvalue weighted by Gasteiger charge is 2.31. The maximum Gasteiger partial charge on any atom is 0.216 e. The number of hydrogen-bond acceptors (Lipinski definition) is 3. The van der Waals surface area contributed by atoms with E-state index in [2.05, 4.69) is 24.5 Å². The van der Waals surface area contributed by atoms with E-state index in [1.165, 1.54) is 17.9 Å². The topological polar surface area (TPSA) is 41.1 Å². The van der Waals surface area contributed by atoms with Gasteiger partial charge in [0.15, 0.2) is 0 Å². The second-order valence-electron chi connectivity index (χ2n) is 4.80. The van der Waals surface area contributed by atoms with Crippen molar-refractivity contribution in [3.05, 3.63) is 0 Å². The number of carbonyl (C=O) groups is 1. The van der Waals surface area contributed by atoms with E-state index < -0.39 is 0 Å². The molecule has 0 aromatic heterocycles. The molecule has 0 bridgehead atoms. The Morgan fingerprint density at radius 3 is 2.80 bits per heavy atom. The molecule has 88 valence electrons. The molecule has 0 aliphatic carbocycles. The third-order valence-corrected chi connectivity index (χ3v) is 4.07. The Hall–Kier alpha value is -0.220. The van der Waals surface area contributed by atoms with E-state index in [0.29, 0.717) is 11.5 Å². The Morgan fingerprint density at radius 2 is 2.20 bits per heavy atom. The van der Waals surface area contributed by atoms with Crippen LogP contribution in [0, 0.1) is 5.41 Å². The minimum absolute atomic E-state index is 0.0501. The predicted octanol–water partition coefficient (Wildman–Crippen LogP) is 1.24. The zero-order valence-corrected chi connectivity index (χ0v) is 10.7. The first-order chi connectivity index (χ1) is 7.02. The van der Waals surface area contributed by atoms with Crippen LogP contribution in [0.15, 0.2) is 0 Å². The molecule has 0 radical (unpaired) electrons. The molecule has 1 fully saturated rings. The van der Waals surface area contributed by atoms with E-state index in [9.17, 15) is 4.79 Å².